The molecular formula is C23H23N5O2. The minimum absolute atomic E-state index is 0.0438. The lowest BCUT2D eigenvalue weighted by atomic mass is 9.93. The highest BCUT2D eigenvalue weighted by atomic mass is 16.2. The number of likely N-dealkylation sites (tertiary alicyclic amines) is 1. The van der Waals surface area contributed by atoms with Crippen molar-refractivity contribution in [3.05, 3.63) is 71.0 Å². The van der Waals surface area contributed by atoms with Crippen LogP contribution in [0.3, 0.4) is 0 Å². The number of carbonyl (C=O) groups excluding carboxylic acids is 2. The van der Waals surface area contributed by atoms with E-state index in [0.717, 1.165) is 40.7 Å². The van der Waals surface area contributed by atoms with Crippen molar-refractivity contribution in [3.8, 4) is 0 Å². The largest absolute Gasteiger partial charge is 0.348 e. The van der Waals surface area contributed by atoms with Gasteiger partial charge in [0, 0.05) is 54.9 Å². The Labute approximate surface area is 174 Å². The third kappa shape index (κ3) is 3.58. The maximum Gasteiger partial charge on any atom is 0.317 e. The molecule has 7 nitrogen and oxygen atoms in total. The highest BCUT2D eigenvalue weighted by molar-refractivity contribution is 5.98. The van der Waals surface area contributed by atoms with Gasteiger partial charge in [0.05, 0.1) is 0 Å². The molecule has 2 aliphatic heterocycles. The molecule has 2 aliphatic rings. The highest BCUT2D eigenvalue weighted by Gasteiger charge is 2.25. The first-order valence-corrected chi connectivity index (χ1v) is 10.3. The molecule has 0 atom stereocenters. The quantitative estimate of drug-likeness (QED) is 0.706. The number of carbonyl (C=O) groups is 2. The number of nitrogens with one attached hydrogen (secondary N) is 2. The third-order valence-corrected chi connectivity index (χ3v) is 5.99. The molecule has 5 rings (SSSR count). The molecule has 1 saturated heterocycles. The summed E-state index contributed by atoms with van der Waals surface area (Å²) >= 11 is 0. The van der Waals surface area contributed by atoms with Crippen LogP contribution in [0.15, 0.2) is 48.7 Å². The molecule has 1 fully saturated rings. The van der Waals surface area contributed by atoms with Crippen molar-refractivity contribution in [3.63, 3.8) is 0 Å². The van der Waals surface area contributed by atoms with Gasteiger partial charge < -0.3 is 15.5 Å². The molecule has 2 N–H and O–H groups in total. The van der Waals surface area contributed by atoms with E-state index in [1.165, 1.54) is 0 Å². The van der Waals surface area contributed by atoms with Gasteiger partial charge in [0.1, 0.15) is 0 Å². The summed E-state index contributed by atoms with van der Waals surface area (Å²) in [6.07, 6.45) is 3.54. The van der Waals surface area contributed by atoms with Gasteiger partial charge in [-0.05, 0) is 54.3 Å². The fraction of sp³-hybridized carbons (Fsp3) is 0.304. The van der Waals surface area contributed by atoms with Crippen LogP contribution in [0.4, 0.5) is 4.79 Å². The molecule has 0 spiro atoms. The molecule has 7 heteroatoms. The molecule has 4 heterocycles. The summed E-state index contributed by atoms with van der Waals surface area (Å²) < 4.78 is 0. The van der Waals surface area contributed by atoms with Gasteiger partial charge in [0.2, 0.25) is 0 Å². The molecule has 2 aromatic heterocycles. The predicted molar refractivity (Wildman–Crippen MR) is 113 cm³/mol. The number of amides is 3. The number of benzene rings is 1. The summed E-state index contributed by atoms with van der Waals surface area (Å²) in [5.74, 6) is 0.299. The number of rotatable bonds is 3. The van der Waals surface area contributed by atoms with E-state index in [0.29, 0.717) is 37.7 Å². The molecule has 30 heavy (non-hydrogen) atoms. The number of aromatic nitrogens is 2. The van der Waals surface area contributed by atoms with E-state index in [4.69, 9.17) is 4.98 Å². The number of pyridine rings is 2. The van der Waals surface area contributed by atoms with Gasteiger partial charge in [0.25, 0.3) is 5.91 Å². The Morgan fingerprint density at radius 2 is 2.03 bits per heavy atom. The number of hydrogen-bond acceptors (Lipinski definition) is 4. The lowest BCUT2D eigenvalue weighted by molar-refractivity contribution is 0.0965. The van der Waals surface area contributed by atoms with Crippen LogP contribution < -0.4 is 10.6 Å². The summed E-state index contributed by atoms with van der Waals surface area (Å²) in [4.78, 5) is 35.3. The second-order valence-corrected chi connectivity index (χ2v) is 7.88. The molecule has 152 valence electrons. The van der Waals surface area contributed by atoms with Gasteiger partial charge in [-0.2, -0.15) is 0 Å². The van der Waals surface area contributed by atoms with Crippen LogP contribution in [-0.2, 0) is 13.1 Å². The van der Waals surface area contributed by atoms with E-state index in [9.17, 15) is 9.59 Å². The highest BCUT2D eigenvalue weighted by Crippen LogP contribution is 2.28. The maximum absolute atomic E-state index is 12.6. The van der Waals surface area contributed by atoms with Crippen molar-refractivity contribution in [2.45, 2.75) is 31.8 Å². The van der Waals surface area contributed by atoms with Crippen molar-refractivity contribution in [1.82, 2.24) is 25.5 Å². The third-order valence-electron chi connectivity index (χ3n) is 5.99. The molecule has 3 amide bonds. The Morgan fingerprint density at radius 3 is 2.90 bits per heavy atom. The minimum Gasteiger partial charge on any atom is -0.348 e. The summed E-state index contributed by atoms with van der Waals surface area (Å²) in [5.41, 5.74) is 4.48. The number of urea groups is 1. The molecule has 3 aromatic rings. The zero-order valence-electron chi connectivity index (χ0n) is 16.6. The molecule has 0 saturated carbocycles. The zero-order valence-corrected chi connectivity index (χ0v) is 16.6. The number of hydrogen-bond donors (Lipinski definition) is 2. The lowest BCUT2D eigenvalue weighted by Crippen LogP contribution is -2.43. The van der Waals surface area contributed by atoms with Crippen LogP contribution in [0, 0.1) is 0 Å². The van der Waals surface area contributed by atoms with Crippen LogP contribution in [0.1, 0.15) is 45.9 Å². The van der Waals surface area contributed by atoms with Crippen LogP contribution in [-0.4, -0.2) is 39.9 Å². The maximum atomic E-state index is 12.6. The van der Waals surface area contributed by atoms with Gasteiger partial charge in [-0.25, -0.2) is 14.8 Å². The first kappa shape index (κ1) is 18.5. The Kier molecular flexibility index (Phi) is 4.78. The van der Waals surface area contributed by atoms with Crippen molar-refractivity contribution >= 4 is 23.0 Å². The molecule has 0 radical (unpaired) electrons. The Hall–Kier alpha value is -3.48. The predicted octanol–water partition coefficient (Wildman–Crippen LogP) is 2.96. The average Bonchev–Trinajstić information content (AvgIpc) is 3.17. The van der Waals surface area contributed by atoms with Crippen molar-refractivity contribution in [1.29, 1.82) is 0 Å². The number of fused-ring (bicyclic) bond motifs is 2. The van der Waals surface area contributed by atoms with E-state index in [1.54, 1.807) is 6.20 Å². The SMILES string of the molecule is O=C1NCc2ccc(CNC(=O)N3CCC(c4ccc5cccnc5n4)CC3)cc21. The second kappa shape index (κ2) is 7.74. The van der Waals surface area contributed by atoms with E-state index < -0.39 is 0 Å². The number of nitrogens with zero attached hydrogens (tertiary/aromatic N) is 3. The summed E-state index contributed by atoms with van der Waals surface area (Å²) in [7, 11) is 0. The summed E-state index contributed by atoms with van der Waals surface area (Å²) in [6.45, 7) is 2.39. The smallest absolute Gasteiger partial charge is 0.317 e. The van der Waals surface area contributed by atoms with Gasteiger partial charge >= 0.3 is 6.03 Å². The minimum atomic E-state index is -0.0634. The lowest BCUT2D eigenvalue weighted by Gasteiger charge is -2.31. The summed E-state index contributed by atoms with van der Waals surface area (Å²) in [5, 5.41) is 6.84. The first-order valence-electron chi connectivity index (χ1n) is 10.3. The van der Waals surface area contributed by atoms with E-state index in [2.05, 4.69) is 27.8 Å². The molecule has 0 unspecified atom stereocenters. The standard InChI is InChI=1S/C23H23N5O2/c29-22-19-12-15(3-4-18(19)14-25-22)13-26-23(30)28-10-7-16(8-11-28)20-6-5-17-2-1-9-24-21(17)27-20/h1-6,9,12,16H,7-8,10-11,13-14H2,(H,25,29)(H,26,30). The average molecular weight is 401 g/mol. The van der Waals surface area contributed by atoms with Crippen LogP contribution in [0.5, 0.6) is 0 Å². The normalized spacial score (nSPS) is 16.4. The summed E-state index contributed by atoms with van der Waals surface area (Å²) in [6, 6.07) is 13.8. The van der Waals surface area contributed by atoms with Crippen molar-refractivity contribution in [2.24, 2.45) is 0 Å². The second-order valence-electron chi connectivity index (χ2n) is 7.88. The Morgan fingerprint density at radius 1 is 1.17 bits per heavy atom. The van der Waals surface area contributed by atoms with Gasteiger partial charge in [-0.3, -0.25) is 4.79 Å². The molecule has 1 aromatic carbocycles. The monoisotopic (exact) mass is 401 g/mol. The number of piperidine rings is 1. The zero-order chi connectivity index (χ0) is 20.5. The van der Waals surface area contributed by atoms with Crippen LogP contribution >= 0.6 is 0 Å². The van der Waals surface area contributed by atoms with Gasteiger partial charge in [-0.15, -0.1) is 0 Å². The fourth-order valence-electron chi connectivity index (χ4n) is 4.23. The topological polar surface area (TPSA) is 87.2 Å². The van der Waals surface area contributed by atoms with Crippen molar-refractivity contribution in [2.75, 3.05) is 13.1 Å². The van der Waals surface area contributed by atoms with Gasteiger partial charge in [-0.1, -0.05) is 12.1 Å². The van der Waals surface area contributed by atoms with E-state index in [-0.39, 0.29) is 11.9 Å². The van der Waals surface area contributed by atoms with E-state index >= 15 is 0 Å². The van der Waals surface area contributed by atoms with Crippen molar-refractivity contribution < 1.29 is 9.59 Å². The van der Waals surface area contributed by atoms with Crippen LogP contribution in [0.25, 0.3) is 11.0 Å². The van der Waals surface area contributed by atoms with Gasteiger partial charge in [0.15, 0.2) is 5.65 Å². The van der Waals surface area contributed by atoms with Crippen LogP contribution in [0.2, 0.25) is 0 Å². The fourth-order valence-corrected chi connectivity index (χ4v) is 4.23. The molecule has 0 bridgehead atoms. The van der Waals surface area contributed by atoms with E-state index in [1.807, 2.05) is 35.2 Å². The molecule has 0 aliphatic carbocycles. The Bertz CT molecular complexity index is 1120. The Balaban J connectivity index is 1.17. The molecular weight excluding hydrogens is 378 g/mol. The first-order chi connectivity index (χ1) is 14.7.